The van der Waals surface area contributed by atoms with Gasteiger partial charge in [-0.2, -0.15) is 0 Å². The maximum atomic E-state index is 4.40. The lowest BCUT2D eigenvalue weighted by atomic mass is 10.0. The van der Waals surface area contributed by atoms with Gasteiger partial charge in [-0.25, -0.2) is 9.97 Å². The minimum absolute atomic E-state index is 0.844. The molecule has 1 aromatic rings. The van der Waals surface area contributed by atoms with Gasteiger partial charge in [0, 0.05) is 25.7 Å². The molecule has 1 saturated heterocycles. The monoisotopic (exact) mass is 248 g/mol. The standard InChI is InChI=1S/C14H24N4/c1-3-5-12-6-8-18(10-12)14-9-13(15-7-4-2)16-11-17-14/h9,11-12H,3-8,10H2,1-2H3,(H,15,16,17). The third-order valence-corrected chi connectivity index (χ3v) is 3.52. The van der Waals surface area contributed by atoms with Crippen molar-refractivity contribution in [2.75, 3.05) is 29.9 Å². The van der Waals surface area contributed by atoms with Crippen LogP contribution in [0.1, 0.15) is 39.5 Å². The normalized spacial score (nSPS) is 19.2. The van der Waals surface area contributed by atoms with Gasteiger partial charge in [-0.1, -0.05) is 20.3 Å². The number of nitrogens with one attached hydrogen (secondary N) is 1. The van der Waals surface area contributed by atoms with E-state index < -0.39 is 0 Å². The molecular formula is C14H24N4. The molecule has 0 spiro atoms. The van der Waals surface area contributed by atoms with Crippen molar-refractivity contribution in [3.63, 3.8) is 0 Å². The number of rotatable bonds is 6. The first-order valence-corrected chi connectivity index (χ1v) is 7.14. The highest BCUT2D eigenvalue weighted by atomic mass is 15.2. The summed E-state index contributed by atoms with van der Waals surface area (Å²) in [7, 11) is 0. The maximum absolute atomic E-state index is 4.40. The summed E-state index contributed by atoms with van der Waals surface area (Å²) in [5.41, 5.74) is 0. The van der Waals surface area contributed by atoms with Crippen molar-refractivity contribution in [1.29, 1.82) is 0 Å². The average Bonchev–Trinajstić information content (AvgIpc) is 2.86. The van der Waals surface area contributed by atoms with Crippen LogP contribution in [-0.4, -0.2) is 29.6 Å². The molecule has 0 bridgehead atoms. The predicted octanol–water partition coefficient (Wildman–Crippen LogP) is 2.92. The van der Waals surface area contributed by atoms with E-state index in [9.17, 15) is 0 Å². The lowest BCUT2D eigenvalue weighted by Gasteiger charge is -2.18. The summed E-state index contributed by atoms with van der Waals surface area (Å²) in [5.74, 6) is 2.86. The van der Waals surface area contributed by atoms with Crippen molar-refractivity contribution in [3.8, 4) is 0 Å². The Morgan fingerprint density at radius 3 is 3.00 bits per heavy atom. The molecular weight excluding hydrogens is 224 g/mol. The van der Waals surface area contributed by atoms with E-state index in [1.54, 1.807) is 6.33 Å². The van der Waals surface area contributed by atoms with E-state index in [2.05, 4.69) is 40.1 Å². The predicted molar refractivity (Wildman–Crippen MR) is 76.0 cm³/mol. The van der Waals surface area contributed by atoms with Gasteiger partial charge in [-0.3, -0.25) is 0 Å². The third kappa shape index (κ3) is 3.34. The van der Waals surface area contributed by atoms with Gasteiger partial charge in [-0.15, -0.1) is 0 Å². The van der Waals surface area contributed by atoms with Gasteiger partial charge in [0.05, 0.1) is 0 Å². The van der Waals surface area contributed by atoms with E-state index in [4.69, 9.17) is 0 Å². The zero-order valence-corrected chi connectivity index (χ0v) is 11.5. The lowest BCUT2D eigenvalue weighted by molar-refractivity contribution is 0.529. The van der Waals surface area contributed by atoms with Gasteiger partial charge in [0.25, 0.3) is 0 Å². The zero-order valence-electron chi connectivity index (χ0n) is 11.5. The molecule has 0 aliphatic carbocycles. The van der Waals surface area contributed by atoms with Crippen LogP contribution in [0.15, 0.2) is 12.4 Å². The Bertz CT molecular complexity index is 367. The van der Waals surface area contributed by atoms with Gasteiger partial charge in [0.15, 0.2) is 0 Å². The van der Waals surface area contributed by atoms with Crippen LogP contribution in [0.25, 0.3) is 0 Å². The molecule has 1 N–H and O–H groups in total. The summed E-state index contributed by atoms with van der Waals surface area (Å²) in [6.07, 6.45) is 6.70. The van der Waals surface area contributed by atoms with Crippen LogP contribution in [0, 0.1) is 5.92 Å². The van der Waals surface area contributed by atoms with E-state index in [1.165, 1.54) is 19.3 Å². The van der Waals surface area contributed by atoms with E-state index in [0.29, 0.717) is 0 Å². The van der Waals surface area contributed by atoms with E-state index in [-0.39, 0.29) is 0 Å². The molecule has 2 heterocycles. The Morgan fingerprint density at radius 1 is 1.33 bits per heavy atom. The first-order chi connectivity index (χ1) is 8.83. The summed E-state index contributed by atoms with van der Waals surface area (Å²) >= 11 is 0. The second kappa shape index (κ2) is 6.57. The fraction of sp³-hybridized carbons (Fsp3) is 0.714. The van der Waals surface area contributed by atoms with Crippen LogP contribution in [-0.2, 0) is 0 Å². The Morgan fingerprint density at radius 2 is 2.22 bits per heavy atom. The molecule has 1 atom stereocenters. The van der Waals surface area contributed by atoms with Crippen LogP contribution in [0.5, 0.6) is 0 Å². The fourth-order valence-corrected chi connectivity index (χ4v) is 2.55. The Labute approximate surface area is 110 Å². The summed E-state index contributed by atoms with van der Waals surface area (Å²) in [6.45, 7) is 7.67. The highest BCUT2D eigenvalue weighted by molar-refractivity contribution is 5.49. The van der Waals surface area contributed by atoms with Crippen LogP contribution < -0.4 is 10.2 Å². The molecule has 4 heteroatoms. The van der Waals surface area contributed by atoms with Gasteiger partial charge in [-0.05, 0) is 25.2 Å². The van der Waals surface area contributed by atoms with Gasteiger partial charge < -0.3 is 10.2 Å². The second-order valence-electron chi connectivity index (χ2n) is 5.08. The smallest absolute Gasteiger partial charge is 0.134 e. The lowest BCUT2D eigenvalue weighted by Crippen LogP contribution is -2.21. The van der Waals surface area contributed by atoms with Crippen molar-refractivity contribution >= 4 is 11.6 Å². The Kier molecular flexibility index (Phi) is 4.79. The quantitative estimate of drug-likeness (QED) is 0.840. The second-order valence-corrected chi connectivity index (χ2v) is 5.08. The number of hydrogen-bond donors (Lipinski definition) is 1. The molecule has 0 aromatic carbocycles. The largest absolute Gasteiger partial charge is 0.370 e. The van der Waals surface area contributed by atoms with Crippen molar-refractivity contribution in [2.45, 2.75) is 39.5 Å². The molecule has 0 saturated carbocycles. The molecule has 1 unspecified atom stereocenters. The van der Waals surface area contributed by atoms with Gasteiger partial charge in [0.1, 0.15) is 18.0 Å². The van der Waals surface area contributed by atoms with E-state index in [1.807, 2.05) is 0 Å². The molecule has 100 valence electrons. The van der Waals surface area contributed by atoms with E-state index >= 15 is 0 Å². The highest BCUT2D eigenvalue weighted by Gasteiger charge is 2.22. The first kappa shape index (κ1) is 13.1. The minimum atomic E-state index is 0.844. The summed E-state index contributed by atoms with van der Waals surface area (Å²) in [5, 5.41) is 3.32. The van der Waals surface area contributed by atoms with Crippen LogP contribution in [0.3, 0.4) is 0 Å². The van der Waals surface area contributed by atoms with Gasteiger partial charge >= 0.3 is 0 Å². The van der Waals surface area contributed by atoms with Crippen molar-refractivity contribution in [3.05, 3.63) is 12.4 Å². The fourth-order valence-electron chi connectivity index (χ4n) is 2.55. The molecule has 1 aliphatic heterocycles. The highest BCUT2D eigenvalue weighted by Crippen LogP contribution is 2.25. The van der Waals surface area contributed by atoms with Crippen molar-refractivity contribution in [2.24, 2.45) is 5.92 Å². The molecule has 2 rings (SSSR count). The molecule has 0 amide bonds. The van der Waals surface area contributed by atoms with E-state index in [0.717, 1.165) is 43.6 Å². The topological polar surface area (TPSA) is 41.0 Å². The minimum Gasteiger partial charge on any atom is -0.370 e. The number of nitrogens with zero attached hydrogens (tertiary/aromatic N) is 3. The number of hydrogen-bond acceptors (Lipinski definition) is 4. The molecule has 1 fully saturated rings. The first-order valence-electron chi connectivity index (χ1n) is 7.14. The Balaban J connectivity index is 1.96. The SMILES string of the molecule is CCCNc1cc(N2CCC(CCC)C2)ncn1. The Hall–Kier alpha value is -1.32. The number of anilines is 2. The van der Waals surface area contributed by atoms with Crippen molar-refractivity contribution in [1.82, 2.24) is 9.97 Å². The average molecular weight is 248 g/mol. The zero-order chi connectivity index (χ0) is 12.8. The summed E-state index contributed by atoms with van der Waals surface area (Å²) in [4.78, 5) is 11.0. The molecule has 4 nitrogen and oxygen atoms in total. The molecule has 1 aromatic heterocycles. The third-order valence-electron chi connectivity index (χ3n) is 3.52. The maximum Gasteiger partial charge on any atom is 0.134 e. The number of aromatic nitrogens is 2. The van der Waals surface area contributed by atoms with Crippen LogP contribution in [0.2, 0.25) is 0 Å². The summed E-state index contributed by atoms with van der Waals surface area (Å²) < 4.78 is 0. The van der Waals surface area contributed by atoms with Crippen LogP contribution >= 0.6 is 0 Å². The van der Waals surface area contributed by atoms with Crippen LogP contribution in [0.4, 0.5) is 11.6 Å². The van der Waals surface area contributed by atoms with Crippen molar-refractivity contribution < 1.29 is 0 Å². The molecule has 0 radical (unpaired) electrons. The molecule has 18 heavy (non-hydrogen) atoms. The molecule has 1 aliphatic rings. The van der Waals surface area contributed by atoms with Gasteiger partial charge in [0.2, 0.25) is 0 Å². The summed E-state index contributed by atoms with van der Waals surface area (Å²) in [6, 6.07) is 2.07.